The molecule has 1 aromatic rings. The highest BCUT2D eigenvalue weighted by molar-refractivity contribution is 5.89. The van der Waals surface area contributed by atoms with E-state index in [9.17, 15) is 18.0 Å². The molecule has 1 saturated heterocycles. The van der Waals surface area contributed by atoms with E-state index in [1.54, 1.807) is 0 Å². The summed E-state index contributed by atoms with van der Waals surface area (Å²) in [7, 11) is 0. The molecule has 104 valence electrons. The predicted octanol–water partition coefficient (Wildman–Crippen LogP) is 2.27. The summed E-state index contributed by atoms with van der Waals surface area (Å²) in [6.45, 7) is 0.941. The van der Waals surface area contributed by atoms with E-state index < -0.39 is 17.8 Å². The highest BCUT2D eigenvalue weighted by Gasteiger charge is 2.30. The monoisotopic (exact) mass is 273 g/mol. The summed E-state index contributed by atoms with van der Waals surface area (Å²) in [5, 5.41) is 2.45. The molecular weight excluding hydrogens is 259 g/mol. The van der Waals surface area contributed by atoms with Crippen LogP contribution >= 0.6 is 0 Å². The Balaban J connectivity index is 2.05. The number of rotatable bonds is 1. The summed E-state index contributed by atoms with van der Waals surface area (Å²) in [6.07, 6.45) is -3.72. The first kappa shape index (κ1) is 13.7. The largest absolute Gasteiger partial charge is 0.416 e. The Labute approximate surface area is 108 Å². The predicted molar refractivity (Wildman–Crippen MR) is 64.6 cm³/mol. The van der Waals surface area contributed by atoms with Gasteiger partial charge < -0.3 is 16.0 Å². The summed E-state index contributed by atoms with van der Waals surface area (Å²) in [6, 6.07) is 4.06. The third-order valence-corrected chi connectivity index (χ3v) is 2.95. The van der Waals surface area contributed by atoms with Gasteiger partial charge in [0.25, 0.3) is 0 Å². The van der Waals surface area contributed by atoms with Crippen LogP contribution in [0, 0.1) is 0 Å². The molecule has 1 aromatic carbocycles. The van der Waals surface area contributed by atoms with Gasteiger partial charge in [-0.1, -0.05) is 6.07 Å². The highest BCUT2D eigenvalue weighted by Crippen LogP contribution is 2.30. The first-order valence-electron chi connectivity index (χ1n) is 5.85. The van der Waals surface area contributed by atoms with Gasteiger partial charge in [-0.15, -0.1) is 0 Å². The molecule has 19 heavy (non-hydrogen) atoms. The minimum atomic E-state index is -4.42. The van der Waals surface area contributed by atoms with E-state index in [1.807, 2.05) is 0 Å². The molecule has 0 radical (unpaired) electrons. The number of carbonyl (C=O) groups excluding carboxylic acids is 1. The van der Waals surface area contributed by atoms with Crippen molar-refractivity contribution in [2.45, 2.75) is 18.6 Å². The Kier molecular flexibility index (Phi) is 3.66. The molecule has 4 nitrogen and oxygen atoms in total. The van der Waals surface area contributed by atoms with E-state index in [2.05, 4.69) is 5.32 Å². The fourth-order valence-corrected chi connectivity index (χ4v) is 1.95. The molecule has 1 heterocycles. The molecule has 7 heteroatoms. The smallest absolute Gasteiger partial charge is 0.326 e. The number of likely N-dealkylation sites (tertiary alicyclic amines) is 1. The van der Waals surface area contributed by atoms with Gasteiger partial charge in [0.05, 0.1) is 5.56 Å². The van der Waals surface area contributed by atoms with E-state index in [0.29, 0.717) is 19.5 Å². The number of benzene rings is 1. The summed E-state index contributed by atoms with van der Waals surface area (Å²) in [4.78, 5) is 13.3. The molecule has 0 aliphatic carbocycles. The molecule has 1 aliphatic rings. The minimum Gasteiger partial charge on any atom is -0.326 e. The van der Waals surface area contributed by atoms with Crippen molar-refractivity contribution >= 4 is 11.7 Å². The second kappa shape index (κ2) is 5.08. The van der Waals surface area contributed by atoms with Crippen LogP contribution in [0.3, 0.4) is 0 Å². The average Bonchev–Trinajstić information content (AvgIpc) is 2.75. The van der Waals surface area contributed by atoms with Crippen LogP contribution in [0.5, 0.6) is 0 Å². The molecule has 1 fully saturated rings. The topological polar surface area (TPSA) is 58.4 Å². The van der Waals surface area contributed by atoms with Crippen LogP contribution in [-0.2, 0) is 6.18 Å². The van der Waals surface area contributed by atoms with Crippen molar-refractivity contribution in [1.29, 1.82) is 0 Å². The fourth-order valence-electron chi connectivity index (χ4n) is 1.95. The molecule has 1 atom stereocenters. The number of nitrogens with two attached hydrogens (primary N) is 1. The van der Waals surface area contributed by atoms with E-state index in [0.717, 1.165) is 12.1 Å². The molecule has 1 unspecified atom stereocenters. The van der Waals surface area contributed by atoms with E-state index in [4.69, 9.17) is 5.73 Å². The molecule has 3 N–H and O–H groups in total. The van der Waals surface area contributed by atoms with Gasteiger partial charge in [-0.3, -0.25) is 0 Å². The lowest BCUT2D eigenvalue weighted by atomic mass is 10.2. The zero-order valence-electron chi connectivity index (χ0n) is 10.1. The van der Waals surface area contributed by atoms with E-state index in [1.165, 1.54) is 17.0 Å². The number of nitrogens with one attached hydrogen (secondary N) is 1. The summed E-state index contributed by atoms with van der Waals surface area (Å²) < 4.78 is 37.6. The number of nitrogens with zero attached hydrogens (tertiary/aromatic N) is 1. The van der Waals surface area contributed by atoms with Crippen molar-refractivity contribution < 1.29 is 18.0 Å². The summed E-state index contributed by atoms with van der Waals surface area (Å²) in [5.41, 5.74) is 5.00. The van der Waals surface area contributed by atoms with Crippen LogP contribution in [0.25, 0.3) is 0 Å². The van der Waals surface area contributed by atoms with Gasteiger partial charge in [0.2, 0.25) is 0 Å². The zero-order chi connectivity index (χ0) is 14.0. The lowest BCUT2D eigenvalue weighted by molar-refractivity contribution is -0.137. The van der Waals surface area contributed by atoms with Crippen molar-refractivity contribution in [3.05, 3.63) is 29.8 Å². The Bertz CT molecular complexity index is 476. The second-order valence-corrected chi connectivity index (χ2v) is 4.50. The van der Waals surface area contributed by atoms with Crippen LogP contribution in [0.2, 0.25) is 0 Å². The van der Waals surface area contributed by atoms with Gasteiger partial charge in [-0.05, 0) is 24.6 Å². The number of halogens is 3. The number of alkyl halides is 3. The van der Waals surface area contributed by atoms with Crippen molar-refractivity contribution in [3.63, 3.8) is 0 Å². The van der Waals surface area contributed by atoms with E-state index >= 15 is 0 Å². The van der Waals surface area contributed by atoms with E-state index in [-0.39, 0.29) is 11.7 Å². The third-order valence-electron chi connectivity index (χ3n) is 2.95. The number of hydrogen-bond acceptors (Lipinski definition) is 2. The lowest BCUT2D eigenvalue weighted by Gasteiger charge is -2.17. The number of hydrogen-bond donors (Lipinski definition) is 2. The van der Waals surface area contributed by atoms with Crippen LogP contribution in [0.15, 0.2) is 24.3 Å². The van der Waals surface area contributed by atoms with Gasteiger partial charge >= 0.3 is 12.2 Å². The number of urea groups is 1. The summed E-state index contributed by atoms with van der Waals surface area (Å²) >= 11 is 0. The molecule has 2 rings (SSSR count). The van der Waals surface area contributed by atoms with Crippen LogP contribution in [0.1, 0.15) is 12.0 Å². The Morgan fingerprint density at radius 3 is 2.74 bits per heavy atom. The maximum absolute atomic E-state index is 12.5. The second-order valence-electron chi connectivity index (χ2n) is 4.50. The first-order chi connectivity index (χ1) is 8.86. The van der Waals surface area contributed by atoms with Gasteiger partial charge in [0.15, 0.2) is 0 Å². The lowest BCUT2D eigenvalue weighted by Crippen LogP contribution is -2.35. The SMILES string of the molecule is NC1CCN(C(=O)Nc2cccc(C(F)(F)F)c2)C1. The summed E-state index contributed by atoms with van der Waals surface area (Å²) in [5.74, 6) is 0. The first-order valence-corrected chi connectivity index (χ1v) is 5.85. The zero-order valence-corrected chi connectivity index (χ0v) is 10.1. The quantitative estimate of drug-likeness (QED) is 0.824. The molecule has 0 spiro atoms. The molecule has 1 aliphatic heterocycles. The number of amides is 2. The van der Waals surface area contributed by atoms with Gasteiger partial charge in [-0.25, -0.2) is 4.79 Å². The maximum atomic E-state index is 12.5. The standard InChI is InChI=1S/C12H14F3N3O/c13-12(14,15)8-2-1-3-10(6-8)17-11(19)18-5-4-9(16)7-18/h1-3,6,9H,4-5,7,16H2,(H,17,19). The number of carbonyl (C=O) groups is 1. The van der Waals surface area contributed by atoms with Crippen LogP contribution < -0.4 is 11.1 Å². The molecule has 0 bridgehead atoms. The fraction of sp³-hybridized carbons (Fsp3) is 0.417. The Morgan fingerprint density at radius 2 is 2.16 bits per heavy atom. The van der Waals surface area contributed by atoms with Crippen molar-refractivity contribution in [3.8, 4) is 0 Å². The minimum absolute atomic E-state index is 0.0627. The van der Waals surface area contributed by atoms with Crippen molar-refractivity contribution in [2.75, 3.05) is 18.4 Å². The van der Waals surface area contributed by atoms with Crippen molar-refractivity contribution in [1.82, 2.24) is 4.90 Å². The Morgan fingerprint density at radius 1 is 1.42 bits per heavy atom. The molecule has 2 amide bonds. The van der Waals surface area contributed by atoms with Gasteiger partial charge in [0, 0.05) is 24.8 Å². The van der Waals surface area contributed by atoms with Crippen LogP contribution in [-0.4, -0.2) is 30.1 Å². The van der Waals surface area contributed by atoms with Crippen molar-refractivity contribution in [2.24, 2.45) is 5.73 Å². The molecule has 0 aromatic heterocycles. The Hall–Kier alpha value is -1.76. The molecule has 0 saturated carbocycles. The number of anilines is 1. The van der Waals surface area contributed by atoms with Crippen LogP contribution in [0.4, 0.5) is 23.7 Å². The molecular formula is C12H14F3N3O. The highest BCUT2D eigenvalue weighted by atomic mass is 19.4. The third kappa shape index (κ3) is 3.37. The average molecular weight is 273 g/mol. The normalized spacial score (nSPS) is 19.6. The maximum Gasteiger partial charge on any atom is 0.416 e. The van der Waals surface area contributed by atoms with Gasteiger partial charge in [-0.2, -0.15) is 13.2 Å². The van der Waals surface area contributed by atoms with Gasteiger partial charge in [0.1, 0.15) is 0 Å².